The third-order valence-electron chi connectivity index (χ3n) is 6.09. The molecule has 0 fully saturated rings. The minimum atomic E-state index is -3.53. The fourth-order valence-corrected chi connectivity index (χ4v) is 6.88. The summed E-state index contributed by atoms with van der Waals surface area (Å²) in [5.74, 6) is 0. The van der Waals surface area contributed by atoms with Gasteiger partial charge in [0.2, 0.25) is 30.1 Å². The number of sulfonamides is 3. The van der Waals surface area contributed by atoms with Crippen molar-refractivity contribution in [3.05, 3.63) is 89.5 Å². The number of hydrogen-bond acceptors (Lipinski definition) is 8. The summed E-state index contributed by atoms with van der Waals surface area (Å²) in [4.78, 5) is 2.68. The summed E-state index contributed by atoms with van der Waals surface area (Å²) in [6, 6.07) is 20.2. The van der Waals surface area contributed by atoms with Crippen molar-refractivity contribution >= 4 is 60.0 Å². The Balaban J connectivity index is -0.000000151. The van der Waals surface area contributed by atoms with Crippen molar-refractivity contribution in [3.8, 4) is 0 Å². The summed E-state index contributed by atoms with van der Waals surface area (Å²) < 4.78 is 76.8. The van der Waals surface area contributed by atoms with E-state index in [1.54, 1.807) is 84.4 Å². The summed E-state index contributed by atoms with van der Waals surface area (Å²) in [6.45, 7) is 9.58. The summed E-state index contributed by atoms with van der Waals surface area (Å²) in [6.07, 6.45) is 0. The molecular formula is C37H70Cl3N6O7S3+. The average molecular weight is 914 g/mol. The summed E-state index contributed by atoms with van der Waals surface area (Å²) in [5, 5.41) is 9.77. The predicted octanol–water partition coefficient (Wildman–Crippen LogP) is 3.37. The zero-order valence-electron chi connectivity index (χ0n) is 32.7. The van der Waals surface area contributed by atoms with Gasteiger partial charge < -0.3 is 12.4 Å². The molecule has 328 valence electrons. The summed E-state index contributed by atoms with van der Waals surface area (Å²) in [5.41, 5.74) is 3.10. The Morgan fingerprint density at radius 3 is 1.14 bits per heavy atom. The average Bonchev–Trinajstić information content (AvgIpc) is 3.01. The lowest BCUT2D eigenvalue weighted by atomic mass is 10.2. The third kappa shape index (κ3) is 27.4. The first-order valence-corrected chi connectivity index (χ1v) is 21.0. The molecule has 0 bridgehead atoms. The van der Waals surface area contributed by atoms with Crippen LogP contribution in [0.15, 0.2) is 87.5 Å². The molecule has 0 saturated carbocycles. The monoisotopic (exact) mass is 911 g/mol. The Kier molecular flexibility index (Phi) is 36.1. The van der Waals surface area contributed by atoms with Crippen LogP contribution in [-0.4, -0.2) is 142 Å². The third-order valence-corrected chi connectivity index (χ3v) is 11.1. The molecule has 0 heterocycles. The topological polar surface area (TPSA) is 147 Å². The van der Waals surface area contributed by atoms with E-state index >= 15 is 0 Å². The highest BCUT2D eigenvalue weighted by Gasteiger charge is 2.26. The van der Waals surface area contributed by atoms with Crippen LogP contribution in [0.2, 0.25) is 0 Å². The number of alkyl halides is 2. The Bertz CT molecular complexity index is 1810. The molecule has 0 aliphatic heterocycles. The van der Waals surface area contributed by atoms with Crippen molar-refractivity contribution in [1.29, 1.82) is 0 Å². The van der Waals surface area contributed by atoms with Crippen molar-refractivity contribution in [2.24, 2.45) is 0 Å². The maximum Gasteiger partial charge on any atom is 0.247 e. The molecule has 13 nitrogen and oxygen atoms in total. The molecule has 2 N–H and O–H groups in total. The van der Waals surface area contributed by atoms with E-state index < -0.39 is 34.7 Å². The van der Waals surface area contributed by atoms with E-state index in [2.05, 4.69) is 11.4 Å². The lowest BCUT2D eigenvalue weighted by molar-refractivity contribution is -1.08. The van der Waals surface area contributed by atoms with E-state index in [4.69, 9.17) is 23.2 Å². The molecule has 56 heavy (non-hydrogen) atoms. The van der Waals surface area contributed by atoms with Gasteiger partial charge in [-0.2, -0.15) is 8.95 Å². The van der Waals surface area contributed by atoms with Gasteiger partial charge in [-0.3, -0.25) is 4.90 Å². The second kappa shape index (κ2) is 30.8. The molecule has 0 saturated heterocycles. The van der Waals surface area contributed by atoms with Gasteiger partial charge in [-0.15, -0.1) is 27.5 Å². The van der Waals surface area contributed by atoms with Crippen LogP contribution >= 0.6 is 23.2 Å². The molecule has 0 aliphatic carbocycles. The van der Waals surface area contributed by atoms with Gasteiger partial charge >= 0.3 is 0 Å². The lowest BCUT2D eigenvalue weighted by Crippen LogP contribution is -3.00. The molecule has 3 aromatic carbocycles. The number of hydrogen-bond donors (Lipinski definition) is 2. The number of benzene rings is 3. The van der Waals surface area contributed by atoms with Gasteiger partial charge in [0.15, 0.2) is 6.67 Å². The number of halogens is 3. The fraction of sp³-hybridized carbons (Fsp3) is 0.486. The van der Waals surface area contributed by atoms with Crippen molar-refractivity contribution in [3.63, 3.8) is 0 Å². The number of hydroxylamine groups is 3. The fourth-order valence-electron chi connectivity index (χ4n) is 3.65. The van der Waals surface area contributed by atoms with Gasteiger partial charge in [-0.1, -0.05) is 75.4 Å². The van der Waals surface area contributed by atoms with E-state index in [0.29, 0.717) is 16.5 Å². The molecule has 0 atom stereocenters. The van der Waals surface area contributed by atoms with Gasteiger partial charge in [0, 0.05) is 14.1 Å². The molecule has 0 spiro atoms. The second-order valence-electron chi connectivity index (χ2n) is 12.5. The number of quaternary nitrogens is 1. The van der Waals surface area contributed by atoms with Gasteiger partial charge in [0.05, 0.1) is 40.8 Å². The van der Waals surface area contributed by atoms with E-state index in [0.717, 1.165) is 21.0 Å². The van der Waals surface area contributed by atoms with Crippen molar-refractivity contribution in [1.82, 2.24) is 18.2 Å². The van der Waals surface area contributed by atoms with E-state index in [1.807, 2.05) is 53.9 Å². The SMILES string of the molecule is C.C.C.C=[N+](C)C.CNS(=O)(=O)c1ccc(C)cc1.Cc1ccc(S(=O)(=O)N(C)CN(C)C)cc1.Cc1ccc(S(=O)(=O)N(C)C[N+](C)(C)O)cc1.ClCCl.[Cl-]. The standard InChI is InChI=1S/C11H19N2O3S.C11H18N2O2S.C8H11NO2S.C3H8N.CH2Cl2.3CH4.ClH/c1-10-5-7-11(8-6-10)17(15,16)12(2)9-13(3,4)14;1-10-5-7-11(8-6-10)16(14,15)13(4)9-12(2)3;1-7-3-5-8(6-4-7)12(10,11)9-2;1-4(2)3;2-1-3;;;;/h5-8,14H,9H2,1-4H3;5-8H,9H2,1-4H3;3-6,9H,1-2H3;1H2,2-3H3;1H2;3*1H4;1H/q+1;;;+1;;;;;/p-1. The maximum atomic E-state index is 12.1. The van der Waals surface area contributed by atoms with Crippen molar-refractivity contribution in [2.45, 2.75) is 57.7 Å². The van der Waals surface area contributed by atoms with Gasteiger partial charge in [0.1, 0.15) is 20.8 Å². The Labute approximate surface area is 357 Å². The molecule has 3 rings (SSSR count). The molecule has 0 aromatic heterocycles. The molecule has 0 unspecified atom stereocenters. The van der Waals surface area contributed by atoms with Crippen LogP contribution in [0.5, 0.6) is 0 Å². The van der Waals surface area contributed by atoms with Gasteiger partial charge in [-0.05, 0) is 78.3 Å². The zero-order chi connectivity index (χ0) is 41.1. The molecule has 0 aliphatic rings. The van der Waals surface area contributed by atoms with Crippen LogP contribution in [0.3, 0.4) is 0 Å². The quantitative estimate of drug-likeness (QED) is 0.0787. The predicted molar refractivity (Wildman–Crippen MR) is 233 cm³/mol. The molecule has 0 radical (unpaired) electrons. The minimum absolute atomic E-state index is 0. The van der Waals surface area contributed by atoms with Gasteiger partial charge in [0.25, 0.3) is 0 Å². The largest absolute Gasteiger partial charge is 1.00 e. The molecule has 0 amide bonds. The molecule has 3 aromatic rings. The van der Waals surface area contributed by atoms with Crippen molar-refractivity contribution in [2.75, 3.05) is 82.1 Å². The van der Waals surface area contributed by atoms with Crippen LogP contribution < -0.4 is 17.1 Å². The highest BCUT2D eigenvalue weighted by atomic mass is 35.5. The first-order chi connectivity index (χ1) is 23.7. The summed E-state index contributed by atoms with van der Waals surface area (Å²) >= 11 is 9.53. The van der Waals surface area contributed by atoms with Crippen LogP contribution in [-0.2, 0) is 30.1 Å². The van der Waals surface area contributed by atoms with E-state index in [-0.39, 0.29) is 51.6 Å². The summed E-state index contributed by atoms with van der Waals surface area (Å²) in [7, 11) is 4.75. The first-order valence-electron chi connectivity index (χ1n) is 15.5. The first kappa shape index (κ1) is 65.7. The zero-order valence-corrected chi connectivity index (χ0v) is 37.5. The Morgan fingerprint density at radius 1 is 0.661 bits per heavy atom. The Morgan fingerprint density at radius 2 is 0.911 bits per heavy atom. The number of rotatable bonds is 10. The normalized spacial score (nSPS) is 10.8. The highest BCUT2D eigenvalue weighted by Crippen LogP contribution is 2.16. The number of nitrogens with one attached hydrogen (secondary N) is 1. The number of nitrogens with zero attached hydrogens (tertiary/aromatic N) is 5. The van der Waals surface area contributed by atoms with Gasteiger partial charge in [-0.25, -0.2) is 39.8 Å². The van der Waals surface area contributed by atoms with Crippen LogP contribution in [0, 0.1) is 20.8 Å². The Hall–Kier alpha value is -2.19. The smallest absolute Gasteiger partial charge is 0.247 e. The van der Waals surface area contributed by atoms with Crippen LogP contribution in [0.4, 0.5) is 0 Å². The van der Waals surface area contributed by atoms with E-state index in [9.17, 15) is 30.5 Å². The maximum absolute atomic E-state index is 12.1. The van der Waals surface area contributed by atoms with Crippen LogP contribution in [0.25, 0.3) is 0 Å². The second-order valence-corrected chi connectivity index (χ2v) is 19.3. The minimum Gasteiger partial charge on any atom is -1.00 e. The van der Waals surface area contributed by atoms with Crippen LogP contribution in [0.1, 0.15) is 39.0 Å². The number of aryl methyl sites for hydroxylation is 3. The highest BCUT2D eigenvalue weighted by molar-refractivity contribution is 7.89. The molecular weight excluding hydrogens is 843 g/mol. The van der Waals surface area contributed by atoms with Crippen molar-refractivity contribution < 1.29 is 52.1 Å². The molecule has 19 heteroatoms. The lowest BCUT2D eigenvalue weighted by Gasteiger charge is -2.25. The van der Waals surface area contributed by atoms with E-state index in [1.165, 1.54) is 32.5 Å².